The van der Waals surface area contributed by atoms with Gasteiger partial charge in [0.2, 0.25) is 0 Å². The highest BCUT2D eigenvalue weighted by Crippen LogP contribution is 2.08. The van der Waals surface area contributed by atoms with E-state index in [1.165, 1.54) is 11.1 Å². The highest BCUT2D eigenvalue weighted by Gasteiger charge is 2.12. The molecule has 0 radical (unpaired) electrons. The molecule has 0 atom stereocenters. The minimum atomic E-state index is 0.246. The maximum Gasteiger partial charge on any atom is 0.191 e. The molecule has 1 aromatic rings. The molecule has 0 spiro atoms. The predicted molar refractivity (Wildman–Crippen MR) is 112 cm³/mol. The van der Waals surface area contributed by atoms with Crippen LogP contribution in [0.2, 0.25) is 0 Å². The Morgan fingerprint density at radius 3 is 2.27 bits per heavy atom. The van der Waals surface area contributed by atoms with Gasteiger partial charge in [-0.25, -0.2) is 0 Å². The topological polar surface area (TPSA) is 48.9 Å². The van der Waals surface area contributed by atoms with Crippen LogP contribution in [0.1, 0.15) is 52.7 Å². The molecule has 0 unspecified atom stereocenters. The van der Waals surface area contributed by atoms with Crippen LogP contribution in [0.5, 0.6) is 0 Å². The molecule has 26 heavy (non-hydrogen) atoms. The lowest BCUT2D eigenvalue weighted by molar-refractivity contribution is 0.0657. The number of aliphatic imine (C=N–C) groups is 1. The zero-order valence-corrected chi connectivity index (χ0v) is 17.7. The van der Waals surface area contributed by atoms with Gasteiger partial charge in [-0.1, -0.05) is 24.3 Å². The summed E-state index contributed by atoms with van der Waals surface area (Å²) in [5.41, 5.74) is 2.43. The minimum Gasteiger partial charge on any atom is -0.374 e. The van der Waals surface area contributed by atoms with Crippen molar-refractivity contribution in [3.63, 3.8) is 0 Å². The van der Waals surface area contributed by atoms with Crippen LogP contribution in [0.4, 0.5) is 0 Å². The summed E-state index contributed by atoms with van der Waals surface area (Å²) >= 11 is 0. The average Bonchev–Trinajstić information content (AvgIpc) is 2.59. The summed E-state index contributed by atoms with van der Waals surface area (Å²) in [6.07, 6.45) is 0.246. The van der Waals surface area contributed by atoms with Crippen LogP contribution in [-0.2, 0) is 17.9 Å². The molecule has 0 aliphatic rings. The van der Waals surface area contributed by atoms with Gasteiger partial charge in [0.1, 0.15) is 0 Å². The second kappa shape index (κ2) is 11.9. The van der Waals surface area contributed by atoms with E-state index in [0.717, 1.165) is 25.6 Å². The van der Waals surface area contributed by atoms with Gasteiger partial charge in [-0.15, -0.1) is 0 Å². The number of hydrogen-bond acceptors (Lipinski definition) is 3. The molecule has 0 bridgehead atoms. The molecule has 5 nitrogen and oxygen atoms in total. The van der Waals surface area contributed by atoms with E-state index < -0.39 is 0 Å². The van der Waals surface area contributed by atoms with Gasteiger partial charge in [-0.3, -0.25) is 9.89 Å². The third kappa shape index (κ3) is 8.68. The van der Waals surface area contributed by atoms with Crippen LogP contribution in [-0.4, -0.2) is 49.2 Å². The Morgan fingerprint density at radius 2 is 1.69 bits per heavy atom. The first-order chi connectivity index (χ1) is 12.3. The summed E-state index contributed by atoms with van der Waals surface area (Å²) in [5.74, 6) is 0.835. The minimum absolute atomic E-state index is 0.246. The fourth-order valence-electron chi connectivity index (χ4n) is 2.91. The third-order valence-corrected chi connectivity index (χ3v) is 4.25. The first-order valence-corrected chi connectivity index (χ1v) is 9.73. The van der Waals surface area contributed by atoms with Gasteiger partial charge >= 0.3 is 0 Å². The smallest absolute Gasteiger partial charge is 0.191 e. The van der Waals surface area contributed by atoms with Crippen LogP contribution >= 0.6 is 0 Å². The van der Waals surface area contributed by atoms with Gasteiger partial charge in [-0.05, 0) is 52.7 Å². The van der Waals surface area contributed by atoms with Crippen molar-refractivity contribution in [2.75, 3.05) is 20.1 Å². The Balaban J connectivity index is 2.45. The van der Waals surface area contributed by atoms with Crippen molar-refractivity contribution in [3.8, 4) is 0 Å². The maximum atomic E-state index is 5.68. The van der Waals surface area contributed by atoms with Crippen molar-refractivity contribution in [1.29, 1.82) is 0 Å². The molecule has 1 rings (SSSR count). The quantitative estimate of drug-likeness (QED) is 0.495. The number of nitrogens with one attached hydrogen (secondary N) is 2. The van der Waals surface area contributed by atoms with Gasteiger partial charge in [0.05, 0.1) is 12.7 Å². The van der Waals surface area contributed by atoms with E-state index in [1.807, 2.05) is 7.05 Å². The molecule has 2 N–H and O–H groups in total. The first kappa shape index (κ1) is 22.5. The van der Waals surface area contributed by atoms with Crippen LogP contribution in [0.25, 0.3) is 0 Å². The lowest BCUT2D eigenvalue weighted by Crippen LogP contribution is -2.45. The maximum absolute atomic E-state index is 5.68. The highest BCUT2D eigenvalue weighted by molar-refractivity contribution is 5.79. The summed E-state index contributed by atoms with van der Waals surface area (Å²) in [6.45, 7) is 16.3. The van der Waals surface area contributed by atoms with Crippen molar-refractivity contribution in [3.05, 3.63) is 35.4 Å². The molecule has 1 aromatic carbocycles. The lowest BCUT2D eigenvalue weighted by Gasteiger charge is -2.30. The van der Waals surface area contributed by atoms with Gasteiger partial charge in [0.15, 0.2) is 5.96 Å². The molecule has 5 heteroatoms. The van der Waals surface area contributed by atoms with E-state index in [0.29, 0.717) is 18.7 Å². The zero-order valence-electron chi connectivity index (χ0n) is 17.7. The van der Waals surface area contributed by atoms with Crippen molar-refractivity contribution in [2.45, 2.75) is 72.9 Å². The van der Waals surface area contributed by atoms with Crippen LogP contribution < -0.4 is 10.6 Å². The van der Waals surface area contributed by atoms with E-state index in [1.54, 1.807) is 0 Å². The van der Waals surface area contributed by atoms with Crippen LogP contribution in [0.3, 0.4) is 0 Å². The van der Waals surface area contributed by atoms with Crippen LogP contribution in [0.15, 0.2) is 29.3 Å². The Bertz CT molecular complexity index is 533. The molecule has 0 saturated carbocycles. The van der Waals surface area contributed by atoms with E-state index >= 15 is 0 Å². The predicted octanol–water partition coefficient (Wildman–Crippen LogP) is 3.40. The van der Waals surface area contributed by atoms with Gasteiger partial charge < -0.3 is 15.4 Å². The summed E-state index contributed by atoms with van der Waals surface area (Å²) in [5, 5.41) is 6.80. The van der Waals surface area contributed by atoms with Crippen LogP contribution in [0, 0.1) is 0 Å². The summed E-state index contributed by atoms with van der Waals surface area (Å²) < 4.78 is 5.68. The summed E-state index contributed by atoms with van der Waals surface area (Å²) in [4.78, 5) is 6.79. The summed E-state index contributed by atoms with van der Waals surface area (Å²) in [7, 11) is 1.81. The van der Waals surface area contributed by atoms with E-state index in [4.69, 9.17) is 4.74 Å². The SMILES string of the molecule is CN=C(NCCN(C(C)C)C(C)C)NCc1cccc(COC(C)C)c1. The average molecular weight is 363 g/mol. The molecule has 0 aromatic heterocycles. The molecule has 0 amide bonds. The largest absolute Gasteiger partial charge is 0.374 e. The lowest BCUT2D eigenvalue weighted by atomic mass is 10.1. The van der Waals surface area contributed by atoms with Crippen molar-refractivity contribution >= 4 is 5.96 Å². The molecule has 0 aliphatic heterocycles. The number of guanidine groups is 1. The number of nitrogens with zero attached hydrogens (tertiary/aromatic N) is 2. The normalized spacial score (nSPS) is 12.5. The van der Waals surface area contributed by atoms with Crippen molar-refractivity contribution < 1.29 is 4.74 Å². The summed E-state index contributed by atoms with van der Waals surface area (Å²) in [6, 6.07) is 9.58. The first-order valence-electron chi connectivity index (χ1n) is 9.73. The number of ether oxygens (including phenoxy) is 1. The third-order valence-electron chi connectivity index (χ3n) is 4.25. The molecule has 0 aliphatic carbocycles. The molecule has 0 heterocycles. The van der Waals surface area contributed by atoms with E-state index in [-0.39, 0.29) is 6.10 Å². The molecular weight excluding hydrogens is 324 g/mol. The van der Waals surface area contributed by atoms with Gasteiger partial charge in [0, 0.05) is 38.8 Å². The standard InChI is InChI=1S/C21H38N4O/c1-16(2)25(17(3)4)12-11-23-21(22-7)24-14-19-9-8-10-20(13-19)15-26-18(5)6/h8-10,13,16-18H,11-12,14-15H2,1-7H3,(H2,22,23,24). The monoisotopic (exact) mass is 362 g/mol. The second-order valence-corrected chi connectivity index (χ2v) is 7.46. The molecule has 0 saturated heterocycles. The molecule has 148 valence electrons. The Hall–Kier alpha value is -1.59. The fourth-order valence-corrected chi connectivity index (χ4v) is 2.91. The Morgan fingerprint density at radius 1 is 1.04 bits per heavy atom. The Kier molecular flexibility index (Phi) is 10.3. The zero-order chi connectivity index (χ0) is 19.5. The molecule has 0 fully saturated rings. The number of benzene rings is 1. The number of hydrogen-bond donors (Lipinski definition) is 2. The Labute approximate surface area is 160 Å². The number of rotatable bonds is 10. The van der Waals surface area contributed by atoms with Gasteiger partial charge in [0.25, 0.3) is 0 Å². The highest BCUT2D eigenvalue weighted by atomic mass is 16.5. The van der Waals surface area contributed by atoms with Crippen molar-refractivity contribution in [2.24, 2.45) is 4.99 Å². The van der Waals surface area contributed by atoms with E-state index in [2.05, 4.69) is 86.3 Å². The second-order valence-electron chi connectivity index (χ2n) is 7.46. The van der Waals surface area contributed by atoms with Crippen molar-refractivity contribution in [1.82, 2.24) is 15.5 Å². The molecular formula is C21H38N4O. The fraction of sp³-hybridized carbons (Fsp3) is 0.667. The van der Waals surface area contributed by atoms with Gasteiger partial charge in [-0.2, -0.15) is 0 Å². The van der Waals surface area contributed by atoms with E-state index in [9.17, 15) is 0 Å².